The summed E-state index contributed by atoms with van der Waals surface area (Å²) in [6.45, 7) is 13.0. The molecule has 0 saturated carbocycles. The minimum absolute atomic E-state index is 0.0807. The number of ether oxygens (including phenoxy) is 1. The van der Waals surface area contributed by atoms with Crippen LogP contribution in [-0.4, -0.2) is 40.2 Å². The zero-order chi connectivity index (χ0) is 26.1. The van der Waals surface area contributed by atoms with Gasteiger partial charge in [0.15, 0.2) is 0 Å². The van der Waals surface area contributed by atoms with Gasteiger partial charge in [-0.15, -0.1) is 0 Å². The average molecular weight is 483 g/mol. The molecule has 0 radical (unpaired) electrons. The Morgan fingerprint density at radius 3 is 2.00 bits per heavy atom. The van der Waals surface area contributed by atoms with Gasteiger partial charge >= 0.3 is 0 Å². The molecule has 2 rings (SSSR count). The van der Waals surface area contributed by atoms with Crippen LogP contribution in [0.25, 0.3) is 6.08 Å². The van der Waals surface area contributed by atoms with Crippen molar-refractivity contribution in [2.75, 3.05) is 13.2 Å². The Hall–Kier alpha value is -2.14. The minimum Gasteiger partial charge on any atom is -0.491 e. The lowest BCUT2D eigenvalue weighted by molar-refractivity contribution is 0.0836. The lowest BCUT2D eigenvalue weighted by atomic mass is 9.70. The third-order valence-electron chi connectivity index (χ3n) is 7.68. The molecule has 0 saturated heterocycles. The number of aliphatic hydroxyl groups excluding tert-OH is 2. The first-order chi connectivity index (χ1) is 16.7. The number of rotatable bonds is 14. The van der Waals surface area contributed by atoms with Gasteiger partial charge in [0.2, 0.25) is 0 Å². The van der Waals surface area contributed by atoms with Crippen molar-refractivity contribution < 1.29 is 20.1 Å². The lowest BCUT2D eigenvalue weighted by Crippen LogP contribution is -2.26. The first kappa shape index (κ1) is 29.1. The molecule has 0 aliphatic rings. The van der Waals surface area contributed by atoms with Gasteiger partial charge in [-0.25, -0.2) is 0 Å². The van der Waals surface area contributed by atoms with Crippen molar-refractivity contribution in [2.45, 2.75) is 97.2 Å². The highest BCUT2D eigenvalue weighted by atomic mass is 16.5. The molecule has 0 aliphatic carbocycles. The molecule has 0 unspecified atom stereocenters. The maximum atomic E-state index is 10.6. The number of aliphatic hydroxyl groups is 3. The van der Waals surface area contributed by atoms with Gasteiger partial charge in [0, 0.05) is 12.0 Å². The summed E-state index contributed by atoms with van der Waals surface area (Å²) in [5.74, 6) is 0.786. The first-order valence-corrected chi connectivity index (χ1v) is 13.2. The van der Waals surface area contributed by atoms with Crippen molar-refractivity contribution in [1.29, 1.82) is 0 Å². The maximum absolute atomic E-state index is 10.6. The van der Waals surface area contributed by atoms with Gasteiger partial charge < -0.3 is 20.1 Å². The zero-order valence-corrected chi connectivity index (χ0v) is 22.6. The summed E-state index contributed by atoms with van der Waals surface area (Å²) in [6, 6.07) is 13.1. The van der Waals surface area contributed by atoms with Crippen molar-refractivity contribution >= 4 is 6.08 Å². The van der Waals surface area contributed by atoms with E-state index < -0.39 is 11.7 Å². The van der Waals surface area contributed by atoms with E-state index in [4.69, 9.17) is 9.84 Å². The van der Waals surface area contributed by atoms with E-state index >= 15 is 0 Å². The highest BCUT2D eigenvalue weighted by Gasteiger charge is 2.31. The number of hydrogen-bond donors (Lipinski definition) is 3. The largest absolute Gasteiger partial charge is 0.491 e. The molecule has 0 aromatic heterocycles. The maximum Gasteiger partial charge on any atom is 0.122 e. The van der Waals surface area contributed by atoms with Gasteiger partial charge in [-0.3, -0.25) is 0 Å². The zero-order valence-electron chi connectivity index (χ0n) is 22.6. The summed E-state index contributed by atoms with van der Waals surface area (Å²) in [4.78, 5) is 0. The molecule has 0 amide bonds. The third kappa shape index (κ3) is 7.19. The second kappa shape index (κ2) is 13.2. The summed E-state index contributed by atoms with van der Waals surface area (Å²) >= 11 is 0. The van der Waals surface area contributed by atoms with Crippen LogP contribution in [-0.2, 0) is 5.41 Å². The second-order valence-electron chi connectivity index (χ2n) is 9.82. The molecule has 4 heteroatoms. The fourth-order valence-electron chi connectivity index (χ4n) is 4.83. The van der Waals surface area contributed by atoms with Gasteiger partial charge in [0.05, 0.1) is 11.7 Å². The van der Waals surface area contributed by atoms with E-state index in [1.165, 1.54) is 16.7 Å². The standard InChI is InChI=1S/C31H46O4/c1-7-30(34,8-2)18-17-25-13-14-26(20-23(25)5)31(9-3,10-4)27-15-16-29(24(6)21-27)35-22-28(33)12-11-19-32/h13-18,20-21,28,32-34H,7-12,19,22H2,1-6H3/b18-17+/t28-/m1/s1. The van der Waals surface area contributed by atoms with Crippen molar-refractivity contribution in [3.8, 4) is 5.75 Å². The van der Waals surface area contributed by atoms with Crippen LogP contribution in [0.2, 0.25) is 0 Å². The van der Waals surface area contributed by atoms with Crippen molar-refractivity contribution in [3.63, 3.8) is 0 Å². The van der Waals surface area contributed by atoms with Crippen molar-refractivity contribution in [1.82, 2.24) is 0 Å². The average Bonchev–Trinajstić information content (AvgIpc) is 2.87. The van der Waals surface area contributed by atoms with Gasteiger partial charge in [0.25, 0.3) is 0 Å². The highest BCUT2D eigenvalue weighted by molar-refractivity contribution is 5.57. The topological polar surface area (TPSA) is 69.9 Å². The van der Waals surface area contributed by atoms with Gasteiger partial charge in [0.1, 0.15) is 12.4 Å². The Balaban J connectivity index is 2.32. The van der Waals surface area contributed by atoms with E-state index in [1.807, 2.05) is 26.0 Å². The quantitative estimate of drug-likeness (QED) is 0.288. The van der Waals surface area contributed by atoms with Gasteiger partial charge in [-0.05, 0) is 86.3 Å². The third-order valence-corrected chi connectivity index (χ3v) is 7.68. The lowest BCUT2D eigenvalue weighted by Gasteiger charge is -2.34. The van der Waals surface area contributed by atoms with E-state index in [-0.39, 0.29) is 18.6 Å². The van der Waals surface area contributed by atoms with Gasteiger partial charge in [-0.1, -0.05) is 70.2 Å². The van der Waals surface area contributed by atoms with E-state index in [0.29, 0.717) is 25.7 Å². The van der Waals surface area contributed by atoms with Crippen LogP contribution in [0, 0.1) is 13.8 Å². The molecule has 0 fully saturated rings. The Morgan fingerprint density at radius 1 is 0.886 bits per heavy atom. The Kier molecular flexibility index (Phi) is 11.0. The van der Waals surface area contributed by atoms with Crippen LogP contribution >= 0.6 is 0 Å². The molecule has 35 heavy (non-hydrogen) atoms. The molecular formula is C31H46O4. The number of hydrogen-bond acceptors (Lipinski definition) is 4. The van der Waals surface area contributed by atoms with E-state index in [1.54, 1.807) is 0 Å². The number of benzene rings is 2. The molecule has 1 atom stereocenters. The minimum atomic E-state index is -0.752. The summed E-state index contributed by atoms with van der Waals surface area (Å²) in [5.41, 5.74) is 5.09. The van der Waals surface area contributed by atoms with Crippen LogP contribution in [0.4, 0.5) is 0 Å². The summed E-state index contributed by atoms with van der Waals surface area (Å²) < 4.78 is 5.88. The highest BCUT2D eigenvalue weighted by Crippen LogP contribution is 2.41. The summed E-state index contributed by atoms with van der Waals surface area (Å²) in [5, 5.41) is 29.6. The molecule has 0 aliphatic heterocycles. The molecule has 4 nitrogen and oxygen atoms in total. The van der Waals surface area contributed by atoms with E-state index in [0.717, 1.165) is 29.7 Å². The summed E-state index contributed by atoms with van der Waals surface area (Å²) in [6.07, 6.45) is 7.87. The molecule has 2 aromatic carbocycles. The normalized spacial score (nSPS) is 13.4. The van der Waals surface area contributed by atoms with Gasteiger partial charge in [-0.2, -0.15) is 0 Å². The molecular weight excluding hydrogens is 436 g/mol. The fourth-order valence-corrected chi connectivity index (χ4v) is 4.83. The van der Waals surface area contributed by atoms with Crippen LogP contribution in [0.3, 0.4) is 0 Å². The fraction of sp³-hybridized carbons (Fsp3) is 0.548. The molecule has 2 aromatic rings. The van der Waals surface area contributed by atoms with Crippen molar-refractivity contribution in [3.05, 3.63) is 70.3 Å². The predicted octanol–water partition coefficient (Wildman–Crippen LogP) is 6.49. The molecule has 0 heterocycles. The first-order valence-electron chi connectivity index (χ1n) is 13.2. The van der Waals surface area contributed by atoms with E-state index in [2.05, 4.69) is 64.1 Å². The Labute approximate surface area is 212 Å². The van der Waals surface area contributed by atoms with Crippen LogP contribution in [0.5, 0.6) is 5.75 Å². The molecule has 3 N–H and O–H groups in total. The predicted molar refractivity (Wildman–Crippen MR) is 146 cm³/mol. The Bertz CT molecular complexity index is 954. The van der Waals surface area contributed by atoms with Crippen molar-refractivity contribution in [2.24, 2.45) is 0 Å². The molecule has 0 spiro atoms. The molecule has 0 bridgehead atoms. The SMILES string of the molecule is CCC(O)(/C=C/c1ccc(C(CC)(CC)c2ccc(OC[C@H](O)CCCO)c(C)c2)cc1C)CC. The van der Waals surface area contributed by atoms with Crippen LogP contribution in [0.15, 0.2) is 42.5 Å². The van der Waals surface area contributed by atoms with Crippen LogP contribution in [0.1, 0.15) is 94.0 Å². The second-order valence-corrected chi connectivity index (χ2v) is 9.82. The van der Waals surface area contributed by atoms with E-state index in [9.17, 15) is 10.2 Å². The van der Waals surface area contributed by atoms with Crippen LogP contribution < -0.4 is 4.74 Å². The monoisotopic (exact) mass is 482 g/mol. The summed E-state index contributed by atoms with van der Waals surface area (Å²) in [7, 11) is 0. The Morgan fingerprint density at radius 2 is 1.49 bits per heavy atom. The smallest absolute Gasteiger partial charge is 0.122 e. The number of aryl methyl sites for hydroxylation is 2. The molecule has 194 valence electrons.